The molecule has 0 aromatic heterocycles. The molecule has 0 aliphatic rings. The molecule has 0 bridgehead atoms. The molecule has 2 rings (SSSR count). The van der Waals surface area contributed by atoms with Crippen molar-refractivity contribution >= 4 is 43.5 Å². The van der Waals surface area contributed by atoms with Gasteiger partial charge in [-0.3, -0.25) is 0 Å². The van der Waals surface area contributed by atoms with E-state index in [1.165, 1.54) is 6.07 Å². The first-order chi connectivity index (χ1) is 10.0. The van der Waals surface area contributed by atoms with Gasteiger partial charge in [0.2, 0.25) is 0 Å². The average molecular weight is 436 g/mol. The fourth-order valence-electron chi connectivity index (χ4n) is 2.23. The Morgan fingerprint density at radius 1 is 1.19 bits per heavy atom. The molecule has 0 amide bonds. The van der Waals surface area contributed by atoms with Crippen molar-refractivity contribution in [2.45, 2.75) is 19.4 Å². The second-order valence-electron chi connectivity index (χ2n) is 4.71. The number of halogens is 4. The van der Waals surface area contributed by atoms with Crippen molar-refractivity contribution in [1.29, 1.82) is 0 Å². The Labute approximate surface area is 146 Å². The first-order valence-electron chi connectivity index (χ1n) is 6.64. The quantitative estimate of drug-likeness (QED) is 0.617. The molecule has 0 aliphatic carbocycles. The topological polar surface area (TPSA) is 12.0 Å². The Balaban J connectivity index is 2.30. The van der Waals surface area contributed by atoms with E-state index in [2.05, 4.69) is 44.1 Å². The molecule has 1 nitrogen and oxygen atoms in total. The van der Waals surface area contributed by atoms with E-state index in [4.69, 9.17) is 11.6 Å². The van der Waals surface area contributed by atoms with Crippen LogP contribution in [0.4, 0.5) is 4.39 Å². The Bertz CT molecular complexity index is 634. The van der Waals surface area contributed by atoms with E-state index in [0.29, 0.717) is 9.50 Å². The van der Waals surface area contributed by atoms with Gasteiger partial charge in [0.15, 0.2) is 0 Å². The van der Waals surface area contributed by atoms with Gasteiger partial charge in [-0.15, -0.1) is 0 Å². The highest BCUT2D eigenvalue weighted by molar-refractivity contribution is 9.10. The number of rotatable bonds is 5. The van der Waals surface area contributed by atoms with E-state index in [9.17, 15) is 4.39 Å². The molecule has 1 N–H and O–H groups in total. The molecule has 2 aromatic carbocycles. The lowest BCUT2D eigenvalue weighted by Crippen LogP contribution is -2.23. The van der Waals surface area contributed by atoms with Crippen molar-refractivity contribution in [2.75, 3.05) is 6.54 Å². The monoisotopic (exact) mass is 433 g/mol. The maximum atomic E-state index is 13.3. The van der Waals surface area contributed by atoms with E-state index in [0.717, 1.165) is 28.6 Å². The van der Waals surface area contributed by atoms with E-state index in [1.807, 2.05) is 24.3 Å². The first kappa shape index (κ1) is 16.9. The van der Waals surface area contributed by atoms with Gasteiger partial charge < -0.3 is 5.32 Å². The number of benzene rings is 2. The molecule has 0 aliphatic heterocycles. The van der Waals surface area contributed by atoms with E-state index >= 15 is 0 Å². The minimum absolute atomic E-state index is 0.0809. The van der Waals surface area contributed by atoms with Crippen LogP contribution in [0.2, 0.25) is 5.02 Å². The van der Waals surface area contributed by atoms with Crippen LogP contribution in [0.3, 0.4) is 0 Å². The summed E-state index contributed by atoms with van der Waals surface area (Å²) in [5.41, 5.74) is 2.08. The van der Waals surface area contributed by atoms with Crippen LogP contribution < -0.4 is 5.32 Å². The highest BCUT2D eigenvalue weighted by atomic mass is 79.9. The molecule has 0 heterocycles. The van der Waals surface area contributed by atoms with Gasteiger partial charge in [-0.2, -0.15) is 0 Å². The largest absolute Gasteiger partial charge is 0.310 e. The summed E-state index contributed by atoms with van der Waals surface area (Å²) in [6.45, 7) is 2.88. The summed E-state index contributed by atoms with van der Waals surface area (Å²) >= 11 is 13.1. The van der Waals surface area contributed by atoms with E-state index < -0.39 is 0 Å². The maximum absolute atomic E-state index is 13.3. The predicted octanol–water partition coefficient (Wildman–Crippen LogP) is 5.90. The van der Waals surface area contributed by atoms with Crippen LogP contribution in [-0.2, 0) is 6.42 Å². The maximum Gasteiger partial charge on any atom is 0.137 e. The molecule has 0 spiro atoms. The fourth-order valence-corrected chi connectivity index (χ4v) is 3.30. The highest BCUT2D eigenvalue weighted by Gasteiger charge is 2.16. The van der Waals surface area contributed by atoms with E-state index in [1.54, 1.807) is 6.07 Å². The molecule has 0 radical (unpaired) electrons. The van der Waals surface area contributed by atoms with Crippen LogP contribution in [0, 0.1) is 5.82 Å². The predicted molar refractivity (Wildman–Crippen MR) is 93.4 cm³/mol. The molecule has 0 fully saturated rings. The molecular weight excluding hydrogens is 420 g/mol. The van der Waals surface area contributed by atoms with Crippen LogP contribution in [0.25, 0.3) is 0 Å². The van der Waals surface area contributed by atoms with Gasteiger partial charge in [0.05, 0.1) is 9.50 Å². The molecule has 0 saturated heterocycles. The molecule has 2 aromatic rings. The molecule has 1 atom stereocenters. The minimum atomic E-state index is -0.251. The standard InChI is InChI=1S/C16H15Br2ClFN/c1-2-21-15(11-4-3-5-12(17)16(11)19)9-10-6-7-14(20)13(18)8-10/h3-8,15,21H,2,9H2,1H3. The molecule has 112 valence electrons. The lowest BCUT2D eigenvalue weighted by atomic mass is 9.98. The van der Waals surface area contributed by atoms with Crippen molar-refractivity contribution in [1.82, 2.24) is 5.32 Å². The van der Waals surface area contributed by atoms with Crippen molar-refractivity contribution in [3.05, 3.63) is 67.3 Å². The third kappa shape index (κ3) is 4.28. The van der Waals surface area contributed by atoms with Crippen LogP contribution in [-0.4, -0.2) is 6.54 Å². The number of hydrogen-bond acceptors (Lipinski definition) is 1. The fraction of sp³-hybridized carbons (Fsp3) is 0.250. The summed E-state index contributed by atoms with van der Waals surface area (Å²) in [6.07, 6.45) is 0.739. The third-order valence-electron chi connectivity index (χ3n) is 3.23. The summed E-state index contributed by atoms with van der Waals surface area (Å²) in [6, 6.07) is 11.1. The highest BCUT2D eigenvalue weighted by Crippen LogP contribution is 2.32. The van der Waals surface area contributed by atoms with Gasteiger partial charge >= 0.3 is 0 Å². The normalized spacial score (nSPS) is 12.4. The lowest BCUT2D eigenvalue weighted by molar-refractivity contribution is 0.548. The second-order valence-corrected chi connectivity index (χ2v) is 6.79. The second kappa shape index (κ2) is 7.73. The Morgan fingerprint density at radius 2 is 1.95 bits per heavy atom. The summed E-state index contributed by atoms with van der Waals surface area (Å²) in [4.78, 5) is 0. The van der Waals surface area contributed by atoms with Crippen molar-refractivity contribution in [3.63, 3.8) is 0 Å². The first-order valence-corrected chi connectivity index (χ1v) is 8.60. The molecule has 21 heavy (non-hydrogen) atoms. The SMILES string of the molecule is CCNC(Cc1ccc(F)c(Br)c1)c1cccc(Br)c1Cl. The number of nitrogens with one attached hydrogen (secondary N) is 1. The lowest BCUT2D eigenvalue weighted by Gasteiger charge is -2.20. The molecule has 5 heteroatoms. The molecular formula is C16H15Br2ClFN. The Kier molecular flexibility index (Phi) is 6.23. The Hall–Kier alpha value is -0.420. The third-order valence-corrected chi connectivity index (χ3v) is 5.15. The summed E-state index contributed by atoms with van der Waals surface area (Å²) in [5, 5.41) is 4.15. The zero-order chi connectivity index (χ0) is 15.4. The summed E-state index contributed by atoms with van der Waals surface area (Å²) in [7, 11) is 0. The molecule has 1 unspecified atom stereocenters. The van der Waals surface area contributed by atoms with Gasteiger partial charge in [0.1, 0.15) is 5.82 Å². The smallest absolute Gasteiger partial charge is 0.137 e. The summed E-state index contributed by atoms with van der Waals surface area (Å²) < 4.78 is 14.7. The zero-order valence-electron chi connectivity index (χ0n) is 11.5. The summed E-state index contributed by atoms with van der Waals surface area (Å²) in [5.74, 6) is -0.251. The van der Waals surface area contributed by atoms with Crippen LogP contribution in [0.1, 0.15) is 24.1 Å². The number of likely N-dealkylation sites (N-methyl/N-ethyl adjacent to an activating group) is 1. The number of hydrogen-bond donors (Lipinski definition) is 1. The van der Waals surface area contributed by atoms with Crippen molar-refractivity contribution in [3.8, 4) is 0 Å². The van der Waals surface area contributed by atoms with Gasteiger partial charge in [0.25, 0.3) is 0 Å². The minimum Gasteiger partial charge on any atom is -0.310 e. The molecule has 0 saturated carbocycles. The van der Waals surface area contributed by atoms with E-state index in [-0.39, 0.29) is 11.9 Å². The van der Waals surface area contributed by atoms with Crippen molar-refractivity contribution in [2.24, 2.45) is 0 Å². The Morgan fingerprint density at radius 3 is 2.62 bits per heavy atom. The van der Waals surface area contributed by atoms with Gasteiger partial charge in [-0.05, 0) is 74.2 Å². The van der Waals surface area contributed by atoms with Crippen LogP contribution in [0.5, 0.6) is 0 Å². The van der Waals surface area contributed by atoms with Crippen LogP contribution in [0.15, 0.2) is 45.3 Å². The van der Waals surface area contributed by atoms with Gasteiger partial charge in [0, 0.05) is 10.5 Å². The average Bonchev–Trinajstić information content (AvgIpc) is 2.45. The van der Waals surface area contributed by atoms with Crippen LogP contribution >= 0.6 is 43.5 Å². The van der Waals surface area contributed by atoms with Gasteiger partial charge in [-0.1, -0.05) is 36.7 Å². The zero-order valence-corrected chi connectivity index (χ0v) is 15.4. The van der Waals surface area contributed by atoms with Crippen molar-refractivity contribution < 1.29 is 4.39 Å². The van der Waals surface area contributed by atoms with Gasteiger partial charge in [-0.25, -0.2) is 4.39 Å².